The van der Waals surface area contributed by atoms with Gasteiger partial charge in [0.05, 0.1) is 0 Å². The van der Waals surface area contributed by atoms with Gasteiger partial charge in [-0.25, -0.2) is 0 Å². The molecule has 0 aliphatic heterocycles. The average molecular weight is 386 g/mol. The number of ether oxygens (including phenoxy) is 1. The number of hydrogen-bond donors (Lipinski definition) is 0. The fraction of sp³-hybridized carbons (Fsp3) is 0.429. The molecule has 0 aromatic rings. The summed E-state index contributed by atoms with van der Waals surface area (Å²) < 4.78 is 4.67. The van der Waals surface area contributed by atoms with E-state index in [1.165, 1.54) is 7.11 Å². The van der Waals surface area contributed by atoms with E-state index < -0.39 is 5.97 Å². The van der Waals surface area contributed by atoms with Crippen molar-refractivity contribution >= 4 is 33.2 Å². The summed E-state index contributed by atoms with van der Waals surface area (Å²) in [5.74, 6) is -0.502. The van der Waals surface area contributed by atoms with Crippen LogP contribution in [0.4, 0.5) is 0 Å². The van der Waals surface area contributed by atoms with Crippen LogP contribution in [-0.2, 0) is 28.9 Å². The van der Waals surface area contributed by atoms with Gasteiger partial charge in [-0.3, -0.25) is 0 Å². The number of methoxy groups -OCH3 is 1. The molecule has 78 valence electrons. The fourth-order valence-electron chi connectivity index (χ4n) is 0.383. The Balaban J connectivity index is 4.38. The first-order chi connectivity index (χ1) is 6.47. The molecule has 0 saturated heterocycles. The van der Waals surface area contributed by atoms with E-state index in [4.69, 9.17) is 11.6 Å². The number of esters is 1. The molecule has 0 radical (unpaired) electrons. The summed E-state index contributed by atoms with van der Waals surface area (Å²) in [6.07, 6.45) is 2.55. The minimum absolute atomic E-state index is 0.0471. The van der Waals surface area contributed by atoms with Crippen LogP contribution < -0.4 is 0 Å². The number of hydrogen-bond acceptors (Lipinski definition) is 3. The Labute approximate surface area is 98.2 Å². The summed E-state index contributed by atoms with van der Waals surface area (Å²) in [7, 11) is 4.77. The Morgan fingerprint density at radius 2 is 2.14 bits per heavy atom. The van der Waals surface area contributed by atoms with Gasteiger partial charge in [0.1, 0.15) is 0 Å². The summed E-state index contributed by atoms with van der Waals surface area (Å²) in [4.78, 5) is 19.9. The number of halogens is 1. The van der Waals surface area contributed by atoms with Crippen molar-refractivity contribution in [3.05, 3.63) is 0 Å². The van der Waals surface area contributed by atoms with Gasteiger partial charge in [0.25, 0.3) is 0 Å². The molecular formula is C7H9ClN3O2W-. The minimum atomic E-state index is -0.502. The van der Waals surface area contributed by atoms with Gasteiger partial charge in [-0.1, -0.05) is 0 Å². The van der Waals surface area contributed by atoms with E-state index in [2.05, 4.69) is 21.1 Å². The first-order valence-corrected chi connectivity index (χ1v) is 5.32. The Kier molecular flexibility index (Phi) is 6.58. The molecule has 0 bridgehead atoms. The predicted octanol–water partition coefficient (Wildman–Crippen LogP) is -0.102. The summed E-state index contributed by atoms with van der Waals surface area (Å²) >= 11 is 6.47. The molecule has 0 unspecified atom stereocenters. The van der Waals surface area contributed by atoms with Crippen LogP contribution >= 0.6 is 11.6 Å². The van der Waals surface area contributed by atoms with Crippen LogP contribution in [0.5, 0.6) is 0 Å². The average Bonchev–Trinajstić information content (AvgIpc) is 2.13. The van der Waals surface area contributed by atoms with Crippen LogP contribution in [0.2, 0.25) is 0 Å². The van der Waals surface area contributed by atoms with Gasteiger partial charge < -0.3 is 0 Å². The Bertz CT molecular complexity index is 289. The van der Waals surface area contributed by atoms with Crippen LogP contribution in [-0.4, -0.2) is 47.7 Å². The standard InChI is InChI=1S/C7H9ClN3O2.W/c1-11(2)5-10-7(8)9-4-6(12)13-3;/h1-3H3;/q-1;. The summed E-state index contributed by atoms with van der Waals surface area (Å²) in [6, 6.07) is 0. The first kappa shape index (κ1) is 13.5. The molecule has 0 N–H and O–H groups in total. The van der Waals surface area contributed by atoms with E-state index in [-0.39, 0.29) is 9.32 Å². The van der Waals surface area contributed by atoms with Crippen molar-refractivity contribution in [1.29, 1.82) is 0 Å². The van der Waals surface area contributed by atoms with Crippen molar-refractivity contribution in [3.8, 4) is 0 Å². The molecule has 0 aromatic heterocycles. The first-order valence-electron chi connectivity index (χ1n) is 3.47. The van der Waals surface area contributed by atoms with Gasteiger partial charge >= 0.3 is 98.2 Å². The third-order valence-corrected chi connectivity index (χ3v) is 1.99. The molecule has 5 nitrogen and oxygen atoms in total. The topological polar surface area (TPSA) is 54.3 Å². The van der Waals surface area contributed by atoms with Crippen LogP contribution in [0, 0.1) is 0 Å². The molecule has 0 aliphatic carbocycles. The van der Waals surface area contributed by atoms with Crippen molar-refractivity contribution in [2.24, 2.45) is 9.98 Å². The Morgan fingerprint density at radius 3 is 2.57 bits per heavy atom. The molecule has 0 saturated carbocycles. The molecule has 0 heterocycles. The quantitative estimate of drug-likeness (QED) is 0.170. The molecule has 0 rings (SSSR count). The summed E-state index contributed by atoms with van der Waals surface area (Å²) in [5.41, 5.74) is 0. The Hall–Kier alpha value is -0.542. The van der Waals surface area contributed by atoms with E-state index in [0.717, 1.165) is 19.4 Å². The second-order valence-corrected chi connectivity index (χ2v) is 4.01. The number of carbonyl (C=O) groups is 1. The van der Waals surface area contributed by atoms with Crippen molar-refractivity contribution in [2.75, 3.05) is 21.2 Å². The second kappa shape index (κ2) is 6.85. The van der Waals surface area contributed by atoms with Crippen LogP contribution in [0.15, 0.2) is 9.98 Å². The van der Waals surface area contributed by atoms with E-state index in [9.17, 15) is 4.79 Å². The van der Waals surface area contributed by atoms with Gasteiger partial charge in [-0.05, 0) is 0 Å². The van der Waals surface area contributed by atoms with Crippen LogP contribution in [0.25, 0.3) is 0 Å². The normalized spacial score (nSPS) is 11.6. The van der Waals surface area contributed by atoms with Crippen molar-refractivity contribution in [2.45, 2.75) is 0 Å². The number of rotatable bonds is 3. The number of amidine groups is 1. The fourth-order valence-corrected chi connectivity index (χ4v) is 1.32. The van der Waals surface area contributed by atoms with Gasteiger partial charge in [0.15, 0.2) is 0 Å². The summed E-state index contributed by atoms with van der Waals surface area (Å²) in [5, 5.41) is -0.0471. The van der Waals surface area contributed by atoms with Gasteiger partial charge in [0, 0.05) is 0 Å². The monoisotopic (exact) mass is 386 g/mol. The number of carbonyl (C=O) groups excluding carboxylic acids is 1. The van der Waals surface area contributed by atoms with Gasteiger partial charge in [-0.15, -0.1) is 0 Å². The summed E-state index contributed by atoms with van der Waals surface area (Å²) in [6.45, 7) is 0. The molecule has 0 fully saturated rings. The molecule has 0 atom stereocenters. The second-order valence-electron chi connectivity index (χ2n) is 2.28. The van der Waals surface area contributed by atoms with E-state index in [1.54, 1.807) is 19.0 Å². The van der Waals surface area contributed by atoms with Crippen LogP contribution in [0.3, 0.4) is 0 Å². The van der Waals surface area contributed by atoms with E-state index in [0.29, 0.717) is 0 Å². The molecule has 0 aromatic carbocycles. The SMILES string of the molecule is COC(=O)[C](=[W])N=C(Cl)N=[C-]N(C)C. The van der Waals surface area contributed by atoms with Crippen molar-refractivity contribution in [3.63, 3.8) is 0 Å². The number of aliphatic imine (C=N–C) groups is 2. The predicted molar refractivity (Wildman–Crippen MR) is 51.4 cm³/mol. The molecule has 0 aliphatic rings. The third-order valence-electron chi connectivity index (χ3n) is 0.896. The third kappa shape index (κ3) is 6.00. The maximum atomic E-state index is 10.9. The molecule has 0 spiro atoms. The number of nitrogens with zero attached hydrogens (tertiary/aromatic N) is 3. The van der Waals surface area contributed by atoms with E-state index in [1.807, 2.05) is 0 Å². The van der Waals surface area contributed by atoms with Gasteiger partial charge in [0.2, 0.25) is 0 Å². The van der Waals surface area contributed by atoms with Crippen molar-refractivity contribution in [1.82, 2.24) is 4.90 Å². The molecule has 0 amide bonds. The Morgan fingerprint density at radius 1 is 1.57 bits per heavy atom. The molecular weight excluding hydrogens is 377 g/mol. The zero-order valence-corrected chi connectivity index (χ0v) is 11.6. The van der Waals surface area contributed by atoms with E-state index >= 15 is 0 Å². The van der Waals surface area contributed by atoms with Crippen LogP contribution in [0.1, 0.15) is 0 Å². The molecule has 14 heavy (non-hydrogen) atoms. The van der Waals surface area contributed by atoms with Gasteiger partial charge in [-0.2, -0.15) is 0 Å². The van der Waals surface area contributed by atoms with Crippen molar-refractivity contribution < 1.29 is 28.9 Å². The zero-order chi connectivity index (χ0) is 11.1. The zero-order valence-electron chi connectivity index (χ0n) is 7.94. The molecule has 7 heteroatoms. The maximum absolute atomic E-state index is 10.9.